The van der Waals surface area contributed by atoms with E-state index >= 15 is 0 Å². The predicted molar refractivity (Wildman–Crippen MR) is 126 cm³/mol. The van der Waals surface area contributed by atoms with Crippen LogP contribution >= 0.6 is 11.8 Å². The first kappa shape index (κ1) is 20.8. The normalized spacial score (nSPS) is 15.2. The van der Waals surface area contributed by atoms with Crippen LogP contribution in [0, 0.1) is 6.92 Å². The van der Waals surface area contributed by atoms with E-state index in [1.165, 1.54) is 11.8 Å². The smallest absolute Gasteiger partial charge is 0.236 e. The van der Waals surface area contributed by atoms with Gasteiger partial charge in [-0.3, -0.25) is 9.36 Å². The van der Waals surface area contributed by atoms with Crippen molar-refractivity contribution in [1.82, 2.24) is 24.6 Å². The Kier molecular flexibility index (Phi) is 5.71. The summed E-state index contributed by atoms with van der Waals surface area (Å²) >= 11 is 1.44. The van der Waals surface area contributed by atoms with Crippen molar-refractivity contribution in [3.05, 3.63) is 60.3 Å². The van der Waals surface area contributed by atoms with Gasteiger partial charge in [-0.05, 0) is 37.6 Å². The molecule has 0 bridgehead atoms. The van der Waals surface area contributed by atoms with Gasteiger partial charge in [0.05, 0.1) is 18.5 Å². The molecule has 0 unspecified atom stereocenters. The molecule has 5 rings (SSSR count). The molecule has 164 valence electrons. The topological polar surface area (TPSA) is 76.0 Å². The van der Waals surface area contributed by atoms with Gasteiger partial charge in [0, 0.05) is 41.4 Å². The molecule has 2 aromatic carbocycles. The number of para-hydroxylation sites is 1. The van der Waals surface area contributed by atoms with E-state index in [0.29, 0.717) is 31.5 Å². The van der Waals surface area contributed by atoms with Gasteiger partial charge in [0.2, 0.25) is 5.91 Å². The van der Waals surface area contributed by atoms with E-state index in [4.69, 9.17) is 4.74 Å². The Morgan fingerprint density at radius 1 is 1.12 bits per heavy atom. The van der Waals surface area contributed by atoms with Crippen LogP contribution in [0.1, 0.15) is 12.5 Å². The molecule has 1 aliphatic heterocycles. The quantitative estimate of drug-likeness (QED) is 0.467. The lowest BCUT2D eigenvalue weighted by atomic mass is 10.1. The maximum Gasteiger partial charge on any atom is 0.236 e. The van der Waals surface area contributed by atoms with E-state index in [1.807, 2.05) is 48.4 Å². The zero-order valence-electron chi connectivity index (χ0n) is 18.1. The minimum absolute atomic E-state index is 0.103. The standard InChI is InChI=1S/C24H25N5O2S/c1-16-6-5-7-18(14-16)29-22(20-15-25-21-9-4-3-8-19(20)21)26-27-24(29)32-17(2)23(30)28-10-12-31-13-11-28/h3-9,14-15,17,25H,10-13H2,1-2H3/t17-/m0/s1. The van der Waals surface area contributed by atoms with Gasteiger partial charge in [0.15, 0.2) is 11.0 Å². The molecule has 8 heteroatoms. The van der Waals surface area contributed by atoms with Gasteiger partial charge in [-0.1, -0.05) is 42.1 Å². The Morgan fingerprint density at radius 3 is 2.75 bits per heavy atom. The van der Waals surface area contributed by atoms with Crippen LogP contribution in [0.2, 0.25) is 0 Å². The number of fused-ring (bicyclic) bond motifs is 1. The summed E-state index contributed by atoms with van der Waals surface area (Å²) in [7, 11) is 0. The number of thioether (sulfide) groups is 1. The van der Waals surface area contributed by atoms with Gasteiger partial charge >= 0.3 is 0 Å². The minimum atomic E-state index is -0.281. The van der Waals surface area contributed by atoms with Gasteiger partial charge in [-0.15, -0.1) is 10.2 Å². The lowest BCUT2D eigenvalue weighted by molar-refractivity contribution is -0.134. The highest BCUT2D eigenvalue weighted by Crippen LogP contribution is 2.34. The van der Waals surface area contributed by atoms with Gasteiger partial charge in [0.25, 0.3) is 0 Å². The molecule has 4 aromatic rings. The van der Waals surface area contributed by atoms with Crippen LogP contribution in [0.3, 0.4) is 0 Å². The van der Waals surface area contributed by atoms with Crippen LogP contribution in [0.5, 0.6) is 0 Å². The second kappa shape index (κ2) is 8.80. The van der Waals surface area contributed by atoms with Crippen LogP contribution in [-0.2, 0) is 9.53 Å². The number of aromatic amines is 1. The second-order valence-corrected chi connectivity index (χ2v) is 9.23. The van der Waals surface area contributed by atoms with Crippen molar-refractivity contribution in [2.24, 2.45) is 0 Å². The summed E-state index contributed by atoms with van der Waals surface area (Å²) in [4.78, 5) is 18.2. The molecule has 1 saturated heterocycles. The Hall–Kier alpha value is -3.10. The van der Waals surface area contributed by atoms with Crippen molar-refractivity contribution in [3.8, 4) is 17.1 Å². The lowest BCUT2D eigenvalue weighted by Crippen LogP contribution is -2.44. The molecule has 0 spiro atoms. The highest BCUT2D eigenvalue weighted by Gasteiger charge is 2.27. The number of benzene rings is 2. The van der Waals surface area contributed by atoms with E-state index in [-0.39, 0.29) is 11.2 Å². The van der Waals surface area contributed by atoms with Crippen LogP contribution in [-0.4, -0.2) is 62.1 Å². The maximum absolute atomic E-state index is 13.0. The first-order valence-corrected chi connectivity index (χ1v) is 11.6. The Balaban J connectivity index is 1.55. The summed E-state index contributed by atoms with van der Waals surface area (Å²) in [5.74, 6) is 0.854. The minimum Gasteiger partial charge on any atom is -0.378 e. The fraction of sp³-hybridized carbons (Fsp3) is 0.292. The summed E-state index contributed by atoms with van der Waals surface area (Å²) < 4.78 is 7.44. The summed E-state index contributed by atoms with van der Waals surface area (Å²) in [6.45, 7) is 6.45. The molecule has 1 N–H and O–H groups in total. The number of amides is 1. The summed E-state index contributed by atoms with van der Waals surface area (Å²) in [5, 5.41) is 10.6. The number of carbonyl (C=O) groups excluding carboxylic acids is 1. The van der Waals surface area contributed by atoms with E-state index < -0.39 is 0 Å². The highest BCUT2D eigenvalue weighted by molar-refractivity contribution is 8.00. The first-order chi connectivity index (χ1) is 15.6. The predicted octanol–water partition coefficient (Wildman–Crippen LogP) is 4.06. The number of ether oxygens (including phenoxy) is 1. The number of morpholine rings is 1. The number of nitrogens with one attached hydrogen (secondary N) is 1. The molecule has 1 amide bonds. The number of hydrogen-bond acceptors (Lipinski definition) is 5. The molecule has 7 nitrogen and oxygen atoms in total. The van der Waals surface area contributed by atoms with Crippen LogP contribution in [0.4, 0.5) is 0 Å². The number of nitrogens with zero attached hydrogens (tertiary/aromatic N) is 4. The van der Waals surface area contributed by atoms with E-state index in [1.54, 1.807) is 0 Å². The van der Waals surface area contributed by atoms with Crippen LogP contribution in [0.25, 0.3) is 28.0 Å². The van der Waals surface area contributed by atoms with Crippen molar-refractivity contribution < 1.29 is 9.53 Å². The molecule has 1 aliphatic rings. The molecule has 1 atom stereocenters. The number of carbonyl (C=O) groups is 1. The monoisotopic (exact) mass is 447 g/mol. The maximum atomic E-state index is 13.0. The van der Waals surface area contributed by atoms with Crippen LogP contribution < -0.4 is 0 Å². The fourth-order valence-corrected chi connectivity index (χ4v) is 4.98. The number of aryl methyl sites for hydroxylation is 1. The van der Waals surface area contributed by atoms with Gasteiger partial charge < -0.3 is 14.6 Å². The van der Waals surface area contributed by atoms with Crippen LogP contribution in [0.15, 0.2) is 59.9 Å². The largest absolute Gasteiger partial charge is 0.378 e. The van der Waals surface area contributed by atoms with Gasteiger partial charge in [0.1, 0.15) is 0 Å². The lowest BCUT2D eigenvalue weighted by Gasteiger charge is -2.28. The molecular formula is C24H25N5O2S. The SMILES string of the molecule is Cc1cccc(-n2c(S[C@@H](C)C(=O)N3CCOCC3)nnc2-c2c[nH]c3ccccc23)c1. The molecule has 0 radical (unpaired) electrons. The van der Waals surface area contributed by atoms with E-state index in [2.05, 4.69) is 44.9 Å². The Labute approximate surface area is 190 Å². The van der Waals surface area contributed by atoms with Gasteiger partial charge in [-0.25, -0.2) is 0 Å². The molecule has 3 heterocycles. The van der Waals surface area contributed by atoms with Crippen molar-refractivity contribution in [2.45, 2.75) is 24.3 Å². The van der Waals surface area contributed by atoms with Crippen molar-refractivity contribution in [1.29, 1.82) is 0 Å². The molecule has 0 saturated carbocycles. The zero-order valence-corrected chi connectivity index (χ0v) is 18.9. The molecule has 0 aliphatic carbocycles. The third kappa shape index (κ3) is 3.91. The Bertz CT molecular complexity index is 1260. The third-order valence-electron chi connectivity index (χ3n) is 5.68. The van der Waals surface area contributed by atoms with E-state index in [9.17, 15) is 4.79 Å². The van der Waals surface area contributed by atoms with Crippen molar-refractivity contribution in [2.75, 3.05) is 26.3 Å². The first-order valence-electron chi connectivity index (χ1n) is 10.7. The van der Waals surface area contributed by atoms with Crippen molar-refractivity contribution >= 4 is 28.6 Å². The molecule has 32 heavy (non-hydrogen) atoms. The summed E-state index contributed by atoms with van der Waals surface area (Å²) in [5.41, 5.74) is 4.15. The second-order valence-electron chi connectivity index (χ2n) is 7.93. The number of H-pyrrole nitrogens is 1. The third-order valence-corrected chi connectivity index (χ3v) is 6.71. The summed E-state index contributed by atoms with van der Waals surface area (Å²) in [6, 6.07) is 16.4. The fourth-order valence-electron chi connectivity index (χ4n) is 4.03. The number of rotatable bonds is 5. The average Bonchev–Trinajstić information content (AvgIpc) is 3.43. The molecular weight excluding hydrogens is 422 g/mol. The van der Waals surface area contributed by atoms with Crippen molar-refractivity contribution in [3.63, 3.8) is 0 Å². The summed E-state index contributed by atoms with van der Waals surface area (Å²) in [6.07, 6.45) is 1.97. The van der Waals surface area contributed by atoms with Gasteiger partial charge in [-0.2, -0.15) is 0 Å². The van der Waals surface area contributed by atoms with E-state index in [0.717, 1.165) is 33.5 Å². The number of hydrogen-bond donors (Lipinski definition) is 1. The zero-order chi connectivity index (χ0) is 22.1. The molecule has 1 fully saturated rings. The highest BCUT2D eigenvalue weighted by atomic mass is 32.2. The Morgan fingerprint density at radius 2 is 1.94 bits per heavy atom. The molecule has 2 aromatic heterocycles. The average molecular weight is 448 g/mol. The number of aromatic nitrogens is 4.